The zero-order chi connectivity index (χ0) is 17.3. The predicted octanol–water partition coefficient (Wildman–Crippen LogP) is 3.23. The summed E-state index contributed by atoms with van der Waals surface area (Å²) >= 11 is 3.63. The molecule has 0 saturated heterocycles. The third kappa shape index (κ3) is 3.32. The van der Waals surface area contributed by atoms with Gasteiger partial charge in [0.2, 0.25) is 0 Å². The highest BCUT2D eigenvalue weighted by atomic mass is 79.9. The number of anilines is 1. The number of aryl methyl sites for hydroxylation is 2. The fraction of sp³-hybridized carbons (Fsp3) is 0.412. The number of fused-ring (bicyclic) bond motifs is 1. The molecule has 3 rings (SSSR count). The van der Waals surface area contributed by atoms with Gasteiger partial charge in [0.25, 0.3) is 0 Å². The van der Waals surface area contributed by atoms with Crippen molar-refractivity contribution >= 4 is 27.8 Å². The molecule has 2 amide bonds. The van der Waals surface area contributed by atoms with E-state index in [1.165, 1.54) is 16.7 Å². The highest BCUT2D eigenvalue weighted by Gasteiger charge is 2.26. The molecule has 7 heteroatoms. The first kappa shape index (κ1) is 17.0. The fourth-order valence-electron chi connectivity index (χ4n) is 2.85. The Kier molecular flexibility index (Phi) is 4.91. The number of nitrogens with zero attached hydrogens (tertiary/aromatic N) is 3. The van der Waals surface area contributed by atoms with E-state index in [0.717, 1.165) is 16.6 Å². The van der Waals surface area contributed by atoms with Crippen LogP contribution in [0.5, 0.6) is 0 Å². The van der Waals surface area contributed by atoms with Crippen LogP contribution < -0.4 is 5.32 Å². The molecule has 2 aromatic rings. The lowest BCUT2D eigenvalue weighted by Crippen LogP contribution is -2.30. The quantitative estimate of drug-likeness (QED) is 0.868. The summed E-state index contributed by atoms with van der Waals surface area (Å²) in [5, 5.41) is 7.34. The summed E-state index contributed by atoms with van der Waals surface area (Å²) in [5.74, 6) is 0.692. The molecule has 0 radical (unpaired) electrons. The minimum atomic E-state index is -0.114. The molecule has 2 heterocycles. The van der Waals surface area contributed by atoms with E-state index < -0.39 is 0 Å². The molecule has 1 N–H and O–H groups in total. The van der Waals surface area contributed by atoms with Crippen molar-refractivity contribution in [3.8, 4) is 0 Å². The predicted molar refractivity (Wildman–Crippen MR) is 95.9 cm³/mol. The van der Waals surface area contributed by atoms with E-state index >= 15 is 0 Å². The number of urea groups is 1. The van der Waals surface area contributed by atoms with Crippen LogP contribution in [0, 0.1) is 6.92 Å². The molecule has 0 saturated carbocycles. The van der Waals surface area contributed by atoms with E-state index in [-0.39, 0.29) is 6.03 Å². The Morgan fingerprint density at radius 1 is 1.42 bits per heavy atom. The Balaban J connectivity index is 1.69. The van der Waals surface area contributed by atoms with Gasteiger partial charge in [-0.15, -0.1) is 0 Å². The molecule has 1 aliphatic heterocycles. The summed E-state index contributed by atoms with van der Waals surface area (Å²) in [6, 6.07) is 5.95. The summed E-state index contributed by atoms with van der Waals surface area (Å²) in [7, 11) is 3.49. The molecule has 1 aliphatic rings. The summed E-state index contributed by atoms with van der Waals surface area (Å²) in [6.07, 6.45) is 0.724. The second-order valence-corrected chi connectivity index (χ2v) is 6.80. The van der Waals surface area contributed by atoms with E-state index in [0.29, 0.717) is 25.5 Å². The van der Waals surface area contributed by atoms with Crippen LogP contribution in [0.2, 0.25) is 0 Å². The first-order chi connectivity index (χ1) is 11.5. The number of hydrogen-bond donors (Lipinski definition) is 1. The molecule has 0 fully saturated rings. The minimum absolute atomic E-state index is 0.114. The maximum atomic E-state index is 12.6. The first-order valence-corrected chi connectivity index (χ1v) is 8.63. The zero-order valence-electron chi connectivity index (χ0n) is 14.1. The first-order valence-electron chi connectivity index (χ1n) is 7.84. The van der Waals surface area contributed by atoms with Crippen LogP contribution in [0.1, 0.15) is 22.4 Å². The number of methoxy groups -OCH3 is 1. The second kappa shape index (κ2) is 6.94. The molecule has 1 aromatic carbocycles. The largest absolute Gasteiger partial charge is 0.384 e. The zero-order valence-corrected chi connectivity index (χ0v) is 15.7. The van der Waals surface area contributed by atoms with Crippen LogP contribution in [0.3, 0.4) is 0 Å². The maximum absolute atomic E-state index is 12.6. The van der Waals surface area contributed by atoms with Crippen LogP contribution in [0.15, 0.2) is 22.7 Å². The van der Waals surface area contributed by atoms with Crippen LogP contribution in [0.25, 0.3) is 0 Å². The number of ether oxygens (including phenoxy) is 1. The number of carbonyl (C=O) groups is 1. The summed E-state index contributed by atoms with van der Waals surface area (Å²) in [6.45, 7) is 3.90. The smallest absolute Gasteiger partial charge is 0.323 e. The molecule has 0 atom stereocenters. The van der Waals surface area contributed by atoms with Crippen LogP contribution in [0.4, 0.5) is 10.6 Å². The van der Waals surface area contributed by atoms with Crippen molar-refractivity contribution in [2.24, 2.45) is 7.05 Å². The van der Waals surface area contributed by atoms with Gasteiger partial charge in [0.05, 0.1) is 12.3 Å². The number of rotatable bonds is 4. The van der Waals surface area contributed by atoms with Gasteiger partial charge in [0.1, 0.15) is 5.82 Å². The van der Waals surface area contributed by atoms with E-state index in [4.69, 9.17) is 4.74 Å². The minimum Gasteiger partial charge on any atom is -0.384 e. The van der Waals surface area contributed by atoms with E-state index in [9.17, 15) is 4.79 Å². The monoisotopic (exact) mass is 392 g/mol. The van der Waals surface area contributed by atoms with Gasteiger partial charge in [0.15, 0.2) is 0 Å². The number of amides is 2. The highest BCUT2D eigenvalue weighted by Crippen LogP contribution is 2.32. The number of hydrogen-bond acceptors (Lipinski definition) is 3. The molecule has 1 aromatic heterocycles. The highest BCUT2D eigenvalue weighted by molar-refractivity contribution is 9.10. The number of carbonyl (C=O) groups excluding carboxylic acids is 1. The van der Waals surface area contributed by atoms with Crippen LogP contribution >= 0.6 is 15.9 Å². The van der Waals surface area contributed by atoms with E-state index in [1.54, 1.807) is 16.7 Å². The van der Waals surface area contributed by atoms with Crippen molar-refractivity contribution in [2.45, 2.75) is 26.4 Å². The van der Waals surface area contributed by atoms with Crippen molar-refractivity contribution < 1.29 is 9.53 Å². The van der Waals surface area contributed by atoms with Crippen LogP contribution in [-0.2, 0) is 31.3 Å². The van der Waals surface area contributed by atoms with E-state index in [2.05, 4.69) is 45.4 Å². The molecule has 0 aliphatic carbocycles. The van der Waals surface area contributed by atoms with Crippen molar-refractivity contribution in [3.63, 3.8) is 0 Å². The Labute approximate surface area is 149 Å². The lowest BCUT2D eigenvalue weighted by atomic mass is 10.1. The molecule has 0 spiro atoms. The van der Waals surface area contributed by atoms with Crippen molar-refractivity contribution in [1.29, 1.82) is 0 Å². The van der Waals surface area contributed by atoms with Crippen molar-refractivity contribution in [2.75, 3.05) is 19.0 Å². The summed E-state index contributed by atoms with van der Waals surface area (Å²) in [5.41, 5.74) is 4.47. The number of benzene rings is 1. The molecule has 0 bridgehead atoms. The Morgan fingerprint density at radius 2 is 2.21 bits per heavy atom. The van der Waals surface area contributed by atoms with Crippen molar-refractivity contribution in [3.05, 3.63) is 45.1 Å². The molecular formula is C17H21BrN4O2. The van der Waals surface area contributed by atoms with Gasteiger partial charge in [-0.25, -0.2) is 4.79 Å². The van der Waals surface area contributed by atoms with Gasteiger partial charge in [0, 0.05) is 44.2 Å². The van der Waals surface area contributed by atoms with E-state index in [1.807, 2.05) is 13.1 Å². The molecule has 6 nitrogen and oxygen atoms in total. The third-order valence-corrected chi connectivity index (χ3v) is 5.36. The second-order valence-electron chi connectivity index (χ2n) is 6.01. The van der Waals surface area contributed by atoms with Gasteiger partial charge >= 0.3 is 6.03 Å². The lowest BCUT2D eigenvalue weighted by Gasteiger charge is -2.16. The van der Waals surface area contributed by atoms with Gasteiger partial charge in [-0.05, 0) is 23.6 Å². The molecule has 0 unspecified atom stereocenters. The Bertz CT molecular complexity index is 772. The fourth-order valence-corrected chi connectivity index (χ4v) is 3.37. The summed E-state index contributed by atoms with van der Waals surface area (Å²) < 4.78 is 7.85. The third-order valence-electron chi connectivity index (χ3n) is 4.26. The van der Waals surface area contributed by atoms with Gasteiger partial charge in [-0.1, -0.05) is 28.1 Å². The molecular weight excluding hydrogens is 372 g/mol. The van der Waals surface area contributed by atoms with Gasteiger partial charge in [-0.2, -0.15) is 5.10 Å². The average molecular weight is 393 g/mol. The summed E-state index contributed by atoms with van der Waals surface area (Å²) in [4.78, 5) is 14.4. The topological polar surface area (TPSA) is 59.4 Å². The Morgan fingerprint density at radius 3 is 2.96 bits per heavy atom. The standard InChI is InChI=1S/C17H21BrN4O2/c1-11-4-5-12-9-22(10-14(12)16(11)18)17(23)19-15-8-13(6-7-24-3)20-21(15)2/h4-5,8H,6-7,9-10H2,1-3H3,(H,19,23). The normalized spacial score (nSPS) is 13.2. The maximum Gasteiger partial charge on any atom is 0.323 e. The number of nitrogens with one attached hydrogen (secondary N) is 1. The van der Waals surface area contributed by atoms with Crippen molar-refractivity contribution in [1.82, 2.24) is 14.7 Å². The van der Waals surface area contributed by atoms with Gasteiger partial charge in [-0.3, -0.25) is 10.00 Å². The average Bonchev–Trinajstić information content (AvgIpc) is 3.14. The van der Waals surface area contributed by atoms with Gasteiger partial charge < -0.3 is 9.64 Å². The number of aromatic nitrogens is 2. The molecule has 24 heavy (non-hydrogen) atoms. The SMILES string of the molecule is COCCc1cc(NC(=O)N2Cc3ccc(C)c(Br)c3C2)n(C)n1. The van der Waals surface area contributed by atoms with Crippen LogP contribution in [-0.4, -0.2) is 34.4 Å². The lowest BCUT2D eigenvalue weighted by molar-refractivity contribution is 0.201. The number of halogens is 1. The molecule has 128 valence electrons. The Hall–Kier alpha value is -1.86.